The maximum absolute atomic E-state index is 12.6. The van der Waals surface area contributed by atoms with Gasteiger partial charge in [-0.25, -0.2) is 8.42 Å². The Morgan fingerprint density at radius 1 is 1.32 bits per heavy atom. The molecule has 0 bridgehead atoms. The fourth-order valence-corrected chi connectivity index (χ4v) is 4.75. The summed E-state index contributed by atoms with van der Waals surface area (Å²) in [6, 6.07) is 4.58. The normalized spacial score (nSPS) is 20.9. The van der Waals surface area contributed by atoms with Crippen LogP contribution >= 0.6 is 35.6 Å². The monoisotopic (exact) mass is 344 g/mol. The lowest BCUT2D eigenvalue weighted by Gasteiger charge is -2.33. The molecule has 0 unspecified atom stereocenters. The molecule has 2 rings (SSSR count). The van der Waals surface area contributed by atoms with Gasteiger partial charge in [0.25, 0.3) is 0 Å². The van der Waals surface area contributed by atoms with Crippen molar-refractivity contribution in [3.8, 4) is 0 Å². The molecule has 0 amide bonds. The summed E-state index contributed by atoms with van der Waals surface area (Å²) >= 11 is 12.0. The molecular formula is C11H15Cl3N2O2S. The van der Waals surface area contributed by atoms with E-state index in [-0.39, 0.29) is 33.4 Å². The van der Waals surface area contributed by atoms with Crippen molar-refractivity contribution in [3.05, 3.63) is 28.2 Å². The summed E-state index contributed by atoms with van der Waals surface area (Å²) in [5.41, 5.74) is 0. The number of hydrogen-bond acceptors (Lipinski definition) is 3. The van der Waals surface area contributed by atoms with Crippen molar-refractivity contribution in [2.75, 3.05) is 19.6 Å². The van der Waals surface area contributed by atoms with Crippen molar-refractivity contribution in [2.24, 2.45) is 0 Å². The fourth-order valence-electron chi connectivity index (χ4n) is 2.03. The van der Waals surface area contributed by atoms with E-state index in [4.69, 9.17) is 23.2 Å². The van der Waals surface area contributed by atoms with Gasteiger partial charge in [-0.2, -0.15) is 4.31 Å². The summed E-state index contributed by atoms with van der Waals surface area (Å²) < 4.78 is 26.6. The highest BCUT2D eigenvalue weighted by Gasteiger charge is 2.33. The third-order valence-corrected chi connectivity index (χ3v) is 5.90. The molecule has 1 atom stereocenters. The van der Waals surface area contributed by atoms with Gasteiger partial charge in [0.1, 0.15) is 4.90 Å². The van der Waals surface area contributed by atoms with Gasteiger partial charge in [-0.05, 0) is 19.1 Å². The standard InChI is InChI=1S/C11H14Cl2N2O2S.ClH/c1-8-7-14-5-6-15(8)18(16,17)11-9(12)3-2-4-10(11)13;/h2-4,8,14H,5-7H2,1H3;1H/t8-;/m0./s1. The number of piperazine rings is 1. The van der Waals surface area contributed by atoms with Crippen LogP contribution in [0, 0.1) is 0 Å². The molecule has 0 aliphatic carbocycles. The largest absolute Gasteiger partial charge is 0.314 e. The second kappa shape index (κ2) is 6.61. The Bertz CT molecular complexity index is 531. The summed E-state index contributed by atoms with van der Waals surface area (Å²) in [6.45, 7) is 3.53. The predicted octanol–water partition coefficient (Wildman–Crippen LogP) is 2.40. The molecule has 1 aromatic rings. The van der Waals surface area contributed by atoms with Crippen molar-refractivity contribution in [3.63, 3.8) is 0 Å². The Kier molecular flexibility index (Phi) is 5.92. The fraction of sp³-hybridized carbons (Fsp3) is 0.455. The highest BCUT2D eigenvalue weighted by atomic mass is 35.5. The molecule has 0 radical (unpaired) electrons. The van der Waals surface area contributed by atoms with Crippen molar-refractivity contribution < 1.29 is 8.42 Å². The minimum Gasteiger partial charge on any atom is -0.314 e. The summed E-state index contributed by atoms with van der Waals surface area (Å²) in [7, 11) is -3.64. The van der Waals surface area contributed by atoms with E-state index < -0.39 is 10.0 Å². The second-order valence-corrected chi connectivity index (χ2v) is 6.86. The van der Waals surface area contributed by atoms with Crippen molar-refractivity contribution >= 4 is 45.6 Å². The van der Waals surface area contributed by atoms with Crippen molar-refractivity contribution in [1.29, 1.82) is 0 Å². The Morgan fingerprint density at radius 2 is 1.89 bits per heavy atom. The lowest BCUT2D eigenvalue weighted by Crippen LogP contribution is -2.52. The first kappa shape index (κ1) is 17.0. The Morgan fingerprint density at radius 3 is 2.42 bits per heavy atom. The van der Waals surface area contributed by atoms with Gasteiger partial charge in [0.2, 0.25) is 10.0 Å². The quantitative estimate of drug-likeness (QED) is 0.895. The number of halogens is 3. The van der Waals surface area contributed by atoms with E-state index >= 15 is 0 Å². The van der Waals surface area contributed by atoms with Gasteiger partial charge >= 0.3 is 0 Å². The summed E-state index contributed by atoms with van der Waals surface area (Å²) in [6.07, 6.45) is 0. The number of nitrogens with one attached hydrogen (secondary N) is 1. The molecule has 1 aromatic carbocycles. The minimum atomic E-state index is -3.64. The number of hydrogen-bond donors (Lipinski definition) is 1. The van der Waals surface area contributed by atoms with Gasteiger partial charge in [0.15, 0.2) is 0 Å². The van der Waals surface area contributed by atoms with Gasteiger partial charge in [0.05, 0.1) is 10.0 Å². The van der Waals surface area contributed by atoms with Crippen LogP contribution in [0.2, 0.25) is 10.0 Å². The highest BCUT2D eigenvalue weighted by molar-refractivity contribution is 7.89. The van der Waals surface area contributed by atoms with Gasteiger partial charge in [-0.1, -0.05) is 29.3 Å². The molecule has 0 saturated carbocycles. The van der Waals surface area contributed by atoms with E-state index in [9.17, 15) is 8.42 Å². The molecule has 4 nitrogen and oxygen atoms in total. The van der Waals surface area contributed by atoms with Crippen LogP contribution in [0.1, 0.15) is 6.92 Å². The van der Waals surface area contributed by atoms with E-state index in [1.54, 1.807) is 6.07 Å². The SMILES string of the molecule is C[C@H]1CNCCN1S(=O)(=O)c1c(Cl)cccc1Cl.Cl. The molecular weight excluding hydrogens is 331 g/mol. The zero-order chi connectivity index (χ0) is 13.3. The van der Waals surface area contributed by atoms with Crippen LogP contribution in [0.25, 0.3) is 0 Å². The lowest BCUT2D eigenvalue weighted by atomic mass is 10.3. The molecule has 1 saturated heterocycles. The van der Waals surface area contributed by atoms with Crippen LogP contribution < -0.4 is 5.32 Å². The van der Waals surface area contributed by atoms with Gasteiger partial charge in [0, 0.05) is 25.7 Å². The van der Waals surface area contributed by atoms with E-state index in [0.29, 0.717) is 19.6 Å². The van der Waals surface area contributed by atoms with E-state index in [2.05, 4.69) is 5.32 Å². The van der Waals surface area contributed by atoms with Crippen LogP contribution in [-0.4, -0.2) is 38.4 Å². The molecule has 19 heavy (non-hydrogen) atoms. The van der Waals surface area contributed by atoms with Crippen LogP contribution in [0.15, 0.2) is 23.1 Å². The first-order valence-electron chi connectivity index (χ1n) is 5.61. The Labute approximate surface area is 129 Å². The smallest absolute Gasteiger partial charge is 0.246 e. The zero-order valence-electron chi connectivity index (χ0n) is 10.3. The van der Waals surface area contributed by atoms with Gasteiger partial charge < -0.3 is 5.32 Å². The summed E-state index contributed by atoms with van der Waals surface area (Å²) in [4.78, 5) is 0.00193. The lowest BCUT2D eigenvalue weighted by molar-refractivity contribution is 0.284. The van der Waals surface area contributed by atoms with E-state index in [0.717, 1.165) is 0 Å². The van der Waals surface area contributed by atoms with Crippen LogP contribution in [0.4, 0.5) is 0 Å². The van der Waals surface area contributed by atoms with Crippen LogP contribution in [0.5, 0.6) is 0 Å². The average Bonchev–Trinajstić information content (AvgIpc) is 2.28. The first-order chi connectivity index (χ1) is 8.44. The molecule has 1 N–H and O–H groups in total. The first-order valence-corrected chi connectivity index (χ1v) is 7.81. The van der Waals surface area contributed by atoms with Gasteiger partial charge in [-0.3, -0.25) is 0 Å². The molecule has 8 heteroatoms. The molecule has 1 heterocycles. The Hall–Kier alpha value is -0.0400. The molecule has 0 aromatic heterocycles. The summed E-state index contributed by atoms with van der Waals surface area (Å²) in [5, 5.41) is 3.47. The molecule has 1 aliphatic rings. The van der Waals surface area contributed by atoms with Crippen molar-refractivity contribution in [2.45, 2.75) is 17.9 Å². The molecule has 0 spiro atoms. The third-order valence-electron chi connectivity index (χ3n) is 2.93. The number of nitrogens with zero attached hydrogens (tertiary/aromatic N) is 1. The average molecular weight is 346 g/mol. The Balaban J connectivity index is 0.00000180. The van der Waals surface area contributed by atoms with Gasteiger partial charge in [-0.15, -0.1) is 12.4 Å². The topological polar surface area (TPSA) is 49.4 Å². The second-order valence-electron chi connectivity index (χ2n) is 4.22. The number of benzene rings is 1. The molecule has 1 aliphatic heterocycles. The summed E-state index contributed by atoms with van der Waals surface area (Å²) in [5.74, 6) is 0. The molecule has 108 valence electrons. The number of sulfonamides is 1. The molecule has 1 fully saturated rings. The third kappa shape index (κ3) is 3.35. The van der Waals surface area contributed by atoms with E-state index in [1.165, 1.54) is 16.4 Å². The zero-order valence-corrected chi connectivity index (χ0v) is 13.4. The maximum atomic E-state index is 12.6. The van der Waals surface area contributed by atoms with Crippen LogP contribution in [0.3, 0.4) is 0 Å². The minimum absolute atomic E-state index is 0. The number of rotatable bonds is 2. The van der Waals surface area contributed by atoms with Crippen molar-refractivity contribution in [1.82, 2.24) is 9.62 Å². The van der Waals surface area contributed by atoms with E-state index in [1.807, 2.05) is 6.92 Å². The highest BCUT2D eigenvalue weighted by Crippen LogP contribution is 2.32. The van der Waals surface area contributed by atoms with Crippen LogP contribution in [-0.2, 0) is 10.0 Å². The predicted molar refractivity (Wildman–Crippen MR) is 79.9 cm³/mol. The maximum Gasteiger partial charge on any atom is 0.246 e.